The van der Waals surface area contributed by atoms with Crippen LogP contribution in [0.25, 0.3) is 0 Å². The lowest BCUT2D eigenvalue weighted by Crippen LogP contribution is -2.38. The maximum absolute atomic E-state index is 11.6. The van der Waals surface area contributed by atoms with Crippen LogP contribution in [0.3, 0.4) is 0 Å². The Kier molecular flexibility index (Phi) is 4.57. The van der Waals surface area contributed by atoms with Crippen molar-refractivity contribution in [2.75, 3.05) is 6.26 Å². The summed E-state index contributed by atoms with van der Waals surface area (Å²) in [7, 11) is -2.92. The van der Waals surface area contributed by atoms with Crippen LogP contribution in [0.15, 0.2) is 6.33 Å². The minimum atomic E-state index is -2.92. The van der Waals surface area contributed by atoms with E-state index < -0.39 is 9.84 Å². The third-order valence-electron chi connectivity index (χ3n) is 3.82. The van der Waals surface area contributed by atoms with Gasteiger partial charge in [0.2, 0.25) is 0 Å². The molecule has 108 valence electrons. The first kappa shape index (κ1) is 14.5. The molecule has 0 aliphatic heterocycles. The number of sulfone groups is 1. The van der Waals surface area contributed by atoms with E-state index in [-0.39, 0.29) is 11.3 Å². The summed E-state index contributed by atoms with van der Waals surface area (Å²) in [5, 5.41) is 11.2. The van der Waals surface area contributed by atoms with E-state index in [2.05, 4.69) is 15.5 Å². The first-order valence-electron chi connectivity index (χ1n) is 6.79. The number of nitrogens with zero attached hydrogens (tertiary/aromatic N) is 3. The smallest absolute Gasteiger partial charge is 0.150 e. The van der Waals surface area contributed by atoms with E-state index in [0.29, 0.717) is 13.0 Å². The molecule has 0 aromatic carbocycles. The number of aromatic nitrogens is 3. The predicted octanol–water partition coefficient (Wildman–Crippen LogP) is 0.743. The van der Waals surface area contributed by atoms with Crippen LogP contribution in [0, 0.1) is 0 Å². The van der Waals surface area contributed by atoms with Crippen molar-refractivity contribution in [1.82, 2.24) is 20.1 Å². The summed E-state index contributed by atoms with van der Waals surface area (Å²) in [6.45, 7) is 3.54. The van der Waals surface area contributed by atoms with Gasteiger partial charge in [-0.3, -0.25) is 0 Å². The Labute approximate surface area is 114 Å². The molecular weight excluding hydrogens is 264 g/mol. The molecule has 2 unspecified atom stereocenters. The Morgan fingerprint density at radius 3 is 2.95 bits per heavy atom. The lowest BCUT2D eigenvalue weighted by molar-refractivity contribution is 0.365. The maximum Gasteiger partial charge on any atom is 0.150 e. The van der Waals surface area contributed by atoms with Gasteiger partial charge in [0.25, 0.3) is 0 Å². The van der Waals surface area contributed by atoms with Crippen LogP contribution in [-0.4, -0.2) is 40.7 Å². The molecule has 1 aliphatic carbocycles. The van der Waals surface area contributed by atoms with E-state index in [1.807, 2.05) is 11.5 Å². The van der Waals surface area contributed by atoms with Crippen molar-refractivity contribution in [1.29, 1.82) is 0 Å². The van der Waals surface area contributed by atoms with Crippen molar-refractivity contribution < 1.29 is 8.42 Å². The quantitative estimate of drug-likeness (QED) is 0.864. The monoisotopic (exact) mass is 286 g/mol. The minimum Gasteiger partial charge on any atom is -0.317 e. The van der Waals surface area contributed by atoms with Gasteiger partial charge in [0, 0.05) is 18.8 Å². The van der Waals surface area contributed by atoms with Crippen LogP contribution in [0.2, 0.25) is 0 Å². The second-order valence-electron chi connectivity index (χ2n) is 5.23. The summed E-state index contributed by atoms with van der Waals surface area (Å²) in [5.74, 6) is 0.906. The summed E-state index contributed by atoms with van der Waals surface area (Å²) < 4.78 is 25.2. The molecule has 0 radical (unpaired) electrons. The predicted molar refractivity (Wildman–Crippen MR) is 73.4 cm³/mol. The molecule has 1 aliphatic rings. The highest BCUT2D eigenvalue weighted by Crippen LogP contribution is 2.23. The van der Waals surface area contributed by atoms with Crippen molar-refractivity contribution in [3.63, 3.8) is 0 Å². The first-order chi connectivity index (χ1) is 9.00. The lowest BCUT2D eigenvalue weighted by Gasteiger charge is -2.28. The highest BCUT2D eigenvalue weighted by molar-refractivity contribution is 7.91. The molecule has 1 saturated carbocycles. The standard InChI is InChI=1S/C12H22N4O2S/c1-3-16-9-14-15-12(16)8-13-10-5-4-6-11(7-10)19(2,17)18/h9-11,13H,3-8H2,1-2H3. The molecule has 2 rings (SSSR count). The second-order valence-corrected chi connectivity index (χ2v) is 7.55. The molecule has 19 heavy (non-hydrogen) atoms. The van der Waals surface area contributed by atoms with Crippen molar-refractivity contribution in [3.8, 4) is 0 Å². The van der Waals surface area contributed by atoms with Gasteiger partial charge >= 0.3 is 0 Å². The van der Waals surface area contributed by atoms with Crippen molar-refractivity contribution in [3.05, 3.63) is 12.2 Å². The van der Waals surface area contributed by atoms with Gasteiger partial charge in [-0.2, -0.15) is 0 Å². The number of hydrogen-bond acceptors (Lipinski definition) is 5. The number of nitrogens with one attached hydrogen (secondary N) is 1. The maximum atomic E-state index is 11.6. The molecule has 2 atom stereocenters. The fourth-order valence-corrected chi connectivity index (χ4v) is 3.81. The van der Waals surface area contributed by atoms with Crippen molar-refractivity contribution in [2.24, 2.45) is 0 Å². The van der Waals surface area contributed by atoms with E-state index in [0.717, 1.165) is 31.6 Å². The van der Waals surface area contributed by atoms with E-state index in [4.69, 9.17) is 0 Å². The van der Waals surface area contributed by atoms with Gasteiger partial charge in [0.1, 0.15) is 22.0 Å². The van der Waals surface area contributed by atoms with Crippen LogP contribution in [0.4, 0.5) is 0 Å². The molecule has 1 aromatic heterocycles. The topological polar surface area (TPSA) is 76.9 Å². The molecule has 0 amide bonds. The molecule has 0 saturated heterocycles. The first-order valence-corrected chi connectivity index (χ1v) is 8.75. The average molecular weight is 286 g/mol. The molecule has 0 bridgehead atoms. The Bertz CT molecular complexity index is 512. The zero-order valence-electron chi connectivity index (χ0n) is 11.5. The number of aryl methyl sites for hydroxylation is 1. The largest absolute Gasteiger partial charge is 0.317 e. The molecule has 1 fully saturated rings. The van der Waals surface area contributed by atoms with Crippen LogP contribution in [0.1, 0.15) is 38.4 Å². The molecular formula is C12H22N4O2S. The summed E-state index contributed by atoms with van der Waals surface area (Å²) in [4.78, 5) is 0. The van der Waals surface area contributed by atoms with E-state index in [1.165, 1.54) is 6.26 Å². The van der Waals surface area contributed by atoms with E-state index in [9.17, 15) is 8.42 Å². The number of rotatable bonds is 5. The van der Waals surface area contributed by atoms with Gasteiger partial charge in [0.05, 0.1) is 11.8 Å². The normalized spacial score (nSPS) is 24.5. The zero-order chi connectivity index (χ0) is 13.9. The molecule has 7 heteroatoms. The highest BCUT2D eigenvalue weighted by Gasteiger charge is 2.28. The van der Waals surface area contributed by atoms with Crippen LogP contribution in [-0.2, 0) is 22.9 Å². The fourth-order valence-electron chi connectivity index (χ4n) is 2.63. The van der Waals surface area contributed by atoms with E-state index in [1.54, 1.807) is 6.33 Å². The summed E-state index contributed by atoms with van der Waals surface area (Å²) >= 11 is 0. The zero-order valence-corrected chi connectivity index (χ0v) is 12.4. The van der Waals surface area contributed by atoms with Crippen LogP contribution >= 0.6 is 0 Å². The fraction of sp³-hybridized carbons (Fsp3) is 0.833. The Balaban J connectivity index is 1.90. The Morgan fingerprint density at radius 2 is 2.26 bits per heavy atom. The summed E-state index contributed by atoms with van der Waals surface area (Å²) in [6.07, 6.45) is 6.56. The third-order valence-corrected chi connectivity index (χ3v) is 5.46. The third kappa shape index (κ3) is 3.76. The average Bonchev–Trinajstić information content (AvgIpc) is 2.83. The summed E-state index contributed by atoms with van der Waals surface area (Å²) in [5.41, 5.74) is 0. The van der Waals surface area contributed by atoms with Gasteiger partial charge in [-0.05, 0) is 26.2 Å². The molecule has 6 nitrogen and oxygen atoms in total. The van der Waals surface area contributed by atoms with Gasteiger partial charge in [-0.25, -0.2) is 8.42 Å². The molecule has 1 heterocycles. The van der Waals surface area contributed by atoms with Gasteiger partial charge in [-0.15, -0.1) is 10.2 Å². The van der Waals surface area contributed by atoms with Crippen LogP contribution < -0.4 is 5.32 Å². The number of hydrogen-bond donors (Lipinski definition) is 1. The Hall–Kier alpha value is -0.950. The van der Waals surface area contributed by atoms with Gasteiger partial charge in [0.15, 0.2) is 0 Å². The second kappa shape index (κ2) is 6.00. The SMILES string of the molecule is CCn1cnnc1CNC1CCCC(S(C)(=O)=O)C1. The molecule has 1 N–H and O–H groups in total. The minimum absolute atomic E-state index is 0.192. The van der Waals surface area contributed by atoms with Gasteiger partial charge < -0.3 is 9.88 Å². The van der Waals surface area contributed by atoms with Gasteiger partial charge in [-0.1, -0.05) is 6.42 Å². The molecule has 1 aromatic rings. The summed E-state index contributed by atoms with van der Waals surface area (Å²) in [6, 6.07) is 0.260. The Morgan fingerprint density at radius 1 is 1.47 bits per heavy atom. The lowest BCUT2D eigenvalue weighted by atomic mass is 9.95. The highest BCUT2D eigenvalue weighted by atomic mass is 32.2. The van der Waals surface area contributed by atoms with Crippen LogP contribution in [0.5, 0.6) is 0 Å². The van der Waals surface area contributed by atoms with Crippen molar-refractivity contribution >= 4 is 9.84 Å². The van der Waals surface area contributed by atoms with E-state index >= 15 is 0 Å². The van der Waals surface area contributed by atoms with Crippen molar-refractivity contribution in [2.45, 2.75) is 57.0 Å². The molecule has 0 spiro atoms.